The van der Waals surface area contributed by atoms with Gasteiger partial charge in [0, 0.05) is 47.8 Å². The number of fused-ring (bicyclic) bond motifs is 1. The van der Waals surface area contributed by atoms with Gasteiger partial charge >= 0.3 is 0 Å². The number of hydrogen-bond donors (Lipinski definition) is 1. The number of pyridine rings is 1. The van der Waals surface area contributed by atoms with E-state index in [0.717, 1.165) is 11.3 Å². The molecule has 1 aliphatic heterocycles. The number of aromatic nitrogens is 4. The molecule has 1 aromatic carbocycles. The molecule has 0 saturated carbocycles. The molecule has 1 atom stereocenters. The average molecular weight is 416 g/mol. The number of nitro benzene ring substituents is 1. The third kappa shape index (κ3) is 3.27. The van der Waals surface area contributed by atoms with Gasteiger partial charge in [0.05, 0.1) is 4.92 Å². The molecule has 1 aliphatic carbocycles. The lowest BCUT2D eigenvalue weighted by Crippen LogP contribution is -2.36. The minimum Gasteiger partial charge on any atom is -0.328 e. The molecule has 9 nitrogen and oxygen atoms in total. The Morgan fingerprint density at radius 3 is 2.71 bits per heavy atom. The summed E-state index contributed by atoms with van der Waals surface area (Å²) in [5, 5.41) is 19.4. The summed E-state index contributed by atoms with van der Waals surface area (Å²) in [4.78, 5) is 32.9. The minimum absolute atomic E-state index is 0.0156. The van der Waals surface area contributed by atoms with Gasteiger partial charge in [0.25, 0.3) is 5.69 Å². The summed E-state index contributed by atoms with van der Waals surface area (Å²) in [5.41, 5.74) is 2.60. The average Bonchev–Trinajstić information content (AvgIpc) is 3.15. The van der Waals surface area contributed by atoms with Crippen molar-refractivity contribution in [2.24, 2.45) is 5.41 Å². The van der Waals surface area contributed by atoms with Crippen molar-refractivity contribution in [3.8, 4) is 11.4 Å². The third-order valence-corrected chi connectivity index (χ3v) is 5.67. The summed E-state index contributed by atoms with van der Waals surface area (Å²) in [6.07, 6.45) is 4.41. The van der Waals surface area contributed by atoms with Crippen LogP contribution in [0.2, 0.25) is 0 Å². The highest BCUT2D eigenvalue weighted by molar-refractivity contribution is 6.00. The first-order valence-electron chi connectivity index (χ1n) is 9.97. The Kier molecular flexibility index (Phi) is 4.21. The van der Waals surface area contributed by atoms with Gasteiger partial charge in [-0.25, -0.2) is 4.68 Å². The molecule has 0 radical (unpaired) electrons. The zero-order valence-corrected chi connectivity index (χ0v) is 17.1. The van der Waals surface area contributed by atoms with E-state index in [9.17, 15) is 14.9 Å². The van der Waals surface area contributed by atoms with Crippen LogP contribution in [0.5, 0.6) is 0 Å². The van der Waals surface area contributed by atoms with Crippen LogP contribution in [0.3, 0.4) is 0 Å². The largest absolute Gasteiger partial charge is 0.328 e. The molecule has 31 heavy (non-hydrogen) atoms. The number of carbonyl (C=O) groups is 1. The molecule has 0 amide bonds. The van der Waals surface area contributed by atoms with Crippen LogP contribution in [0.25, 0.3) is 11.4 Å². The molecular formula is C22H20N6O3. The predicted molar refractivity (Wildman–Crippen MR) is 113 cm³/mol. The lowest BCUT2D eigenvalue weighted by atomic mass is 9.73. The normalized spacial score (nSPS) is 19.4. The van der Waals surface area contributed by atoms with Gasteiger partial charge in [-0.3, -0.25) is 19.9 Å². The first kappa shape index (κ1) is 19.1. The minimum atomic E-state index is -0.585. The number of hydrogen-bond acceptors (Lipinski definition) is 7. The Morgan fingerprint density at radius 2 is 1.97 bits per heavy atom. The van der Waals surface area contributed by atoms with E-state index >= 15 is 0 Å². The molecule has 1 N–H and O–H groups in total. The first-order valence-corrected chi connectivity index (χ1v) is 9.97. The smallest absolute Gasteiger partial charge is 0.269 e. The summed E-state index contributed by atoms with van der Waals surface area (Å²) in [5.74, 6) is 1.02. The number of benzene rings is 1. The highest BCUT2D eigenvalue weighted by atomic mass is 16.6. The first-order chi connectivity index (χ1) is 14.8. The molecule has 3 aromatic rings. The summed E-state index contributed by atoms with van der Waals surface area (Å²) in [7, 11) is 0. The highest BCUT2D eigenvalue weighted by Gasteiger charge is 2.42. The number of rotatable bonds is 3. The van der Waals surface area contributed by atoms with Gasteiger partial charge in [-0.05, 0) is 29.5 Å². The molecule has 0 bridgehead atoms. The lowest BCUT2D eigenvalue weighted by Gasteiger charge is -2.38. The summed E-state index contributed by atoms with van der Waals surface area (Å²) in [6, 6.07) is 9.40. The molecule has 2 aliphatic rings. The molecule has 5 rings (SSSR count). The monoisotopic (exact) mass is 416 g/mol. The molecule has 156 valence electrons. The van der Waals surface area contributed by atoms with Crippen molar-refractivity contribution in [2.75, 3.05) is 5.32 Å². The van der Waals surface area contributed by atoms with Crippen LogP contribution in [-0.2, 0) is 4.79 Å². The lowest BCUT2D eigenvalue weighted by molar-refractivity contribution is -0.384. The second-order valence-corrected chi connectivity index (χ2v) is 8.65. The van der Waals surface area contributed by atoms with Crippen molar-refractivity contribution in [2.45, 2.75) is 32.7 Å². The standard InChI is InChI=1S/C22H20N6O3/c1-22(2)11-16-18(17(29)12-22)19(14-4-3-5-15(10-14)28(30)31)27-21(24-16)25-20(26-27)13-6-8-23-9-7-13/h3-10,19H,11-12H2,1-2H3,(H,24,25,26). The molecule has 1 unspecified atom stereocenters. The van der Waals surface area contributed by atoms with E-state index in [1.54, 1.807) is 29.2 Å². The van der Waals surface area contributed by atoms with E-state index < -0.39 is 11.0 Å². The topological polar surface area (TPSA) is 116 Å². The fraction of sp³-hybridized carbons (Fsp3) is 0.273. The Morgan fingerprint density at radius 1 is 1.19 bits per heavy atom. The van der Waals surface area contributed by atoms with Gasteiger partial charge in [0.1, 0.15) is 6.04 Å². The maximum absolute atomic E-state index is 13.2. The highest BCUT2D eigenvalue weighted by Crippen LogP contribution is 2.46. The second kappa shape index (κ2) is 6.83. The molecule has 9 heteroatoms. The van der Waals surface area contributed by atoms with Gasteiger partial charge in [0.15, 0.2) is 11.6 Å². The Hall–Kier alpha value is -3.88. The number of nitro groups is 1. The zero-order chi connectivity index (χ0) is 21.8. The Labute approximate surface area is 178 Å². The van der Waals surface area contributed by atoms with E-state index in [2.05, 4.69) is 34.2 Å². The molecule has 0 fully saturated rings. The van der Waals surface area contributed by atoms with E-state index in [4.69, 9.17) is 0 Å². The van der Waals surface area contributed by atoms with Gasteiger partial charge in [-0.2, -0.15) is 4.98 Å². The van der Waals surface area contributed by atoms with Crippen LogP contribution in [0.4, 0.5) is 11.6 Å². The molecule has 3 heterocycles. The number of carbonyl (C=O) groups excluding carboxylic acids is 1. The Bertz CT molecular complexity index is 1250. The maximum atomic E-state index is 13.2. The van der Waals surface area contributed by atoms with Crippen LogP contribution >= 0.6 is 0 Å². The second-order valence-electron chi connectivity index (χ2n) is 8.65. The van der Waals surface area contributed by atoms with Crippen LogP contribution in [0.15, 0.2) is 60.1 Å². The molecule has 2 aromatic heterocycles. The fourth-order valence-electron chi connectivity index (χ4n) is 4.35. The van der Waals surface area contributed by atoms with E-state index in [1.807, 2.05) is 12.1 Å². The molecule has 0 spiro atoms. The number of nitrogens with zero attached hydrogens (tertiary/aromatic N) is 5. The van der Waals surface area contributed by atoms with Gasteiger partial charge in [0.2, 0.25) is 5.95 Å². The van der Waals surface area contributed by atoms with E-state index in [-0.39, 0.29) is 16.9 Å². The van der Waals surface area contributed by atoms with Crippen molar-refractivity contribution in [1.29, 1.82) is 0 Å². The third-order valence-electron chi connectivity index (χ3n) is 5.67. The molecule has 0 saturated heterocycles. The van der Waals surface area contributed by atoms with Gasteiger partial charge < -0.3 is 5.32 Å². The van der Waals surface area contributed by atoms with Gasteiger partial charge in [-0.15, -0.1) is 5.10 Å². The SMILES string of the molecule is CC1(C)CC(=O)C2=C(C1)Nc1nc(-c3ccncc3)nn1C2c1cccc([N+](=O)[O-])c1. The number of anilines is 1. The van der Waals surface area contributed by atoms with Crippen LogP contribution in [-0.4, -0.2) is 30.5 Å². The van der Waals surface area contributed by atoms with E-state index in [1.165, 1.54) is 12.1 Å². The maximum Gasteiger partial charge on any atom is 0.269 e. The summed E-state index contributed by atoms with van der Waals surface area (Å²) < 4.78 is 1.66. The van der Waals surface area contributed by atoms with Crippen molar-refractivity contribution in [1.82, 2.24) is 19.7 Å². The number of Topliss-reactive ketones (excluding diaryl/α,β-unsaturated/α-hetero) is 1. The van der Waals surface area contributed by atoms with Crippen LogP contribution in [0, 0.1) is 15.5 Å². The number of allylic oxidation sites excluding steroid dienone is 2. The Balaban J connectivity index is 1.70. The summed E-state index contributed by atoms with van der Waals surface area (Å²) >= 11 is 0. The number of nitrogens with one attached hydrogen (secondary N) is 1. The quantitative estimate of drug-likeness (QED) is 0.508. The molecular weight excluding hydrogens is 396 g/mol. The van der Waals surface area contributed by atoms with Crippen LogP contribution in [0.1, 0.15) is 38.3 Å². The predicted octanol–water partition coefficient (Wildman–Crippen LogP) is 3.91. The van der Waals surface area contributed by atoms with Crippen molar-refractivity contribution >= 4 is 17.4 Å². The fourth-order valence-corrected chi connectivity index (χ4v) is 4.35. The number of non-ortho nitro benzene ring substituents is 1. The van der Waals surface area contributed by atoms with Crippen molar-refractivity contribution in [3.63, 3.8) is 0 Å². The summed E-state index contributed by atoms with van der Waals surface area (Å²) in [6.45, 7) is 4.11. The van der Waals surface area contributed by atoms with Crippen molar-refractivity contribution in [3.05, 3.63) is 75.7 Å². The van der Waals surface area contributed by atoms with Crippen LogP contribution < -0.4 is 5.32 Å². The van der Waals surface area contributed by atoms with E-state index in [0.29, 0.717) is 35.8 Å². The van der Waals surface area contributed by atoms with Gasteiger partial charge in [-0.1, -0.05) is 26.0 Å². The zero-order valence-electron chi connectivity index (χ0n) is 17.1. The van der Waals surface area contributed by atoms with Crippen molar-refractivity contribution < 1.29 is 9.72 Å². The number of ketones is 1.